The summed E-state index contributed by atoms with van der Waals surface area (Å²) in [5.41, 5.74) is 5.26. The molecule has 40 heavy (non-hydrogen) atoms. The molecule has 0 unspecified atom stereocenters. The number of para-hydroxylation sites is 1. The fourth-order valence-corrected chi connectivity index (χ4v) is 5.73. The molecule has 206 valence electrons. The fourth-order valence-electron chi connectivity index (χ4n) is 5.48. The third kappa shape index (κ3) is 4.30. The quantitative estimate of drug-likeness (QED) is 0.226. The van der Waals surface area contributed by atoms with Gasteiger partial charge in [0.25, 0.3) is 0 Å². The van der Waals surface area contributed by atoms with Crippen LogP contribution < -0.4 is 4.90 Å². The van der Waals surface area contributed by atoms with Gasteiger partial charge in [-0.2, -0.15) is 18.3 Å². The van der Waals surface area contributed by atoms with E-state index >= 15 is 4.39 Å². The molecule has 0 saturated carbocycles. The van der Waals surface area contributed by atoms with E-state index in [4.69, 9.17) is 16.7 Å². The number of H-pyrrole nitrogens is 1. The first kappa shape index (κ1) is 26.3. The van der Waals surface area contributed by atoms with Gasteiger partial charge in [-0.25, -0.2) is 19.0 Å². The topological polar surface area (TPSA) is 62.6 Å². The SMILES string of the molecule is CCc1cccc(CC)c1-n1nc2c(c1-c1c(F)cc(Cl)c3[nH]ccc13)CN(c1ncc(C(F)(F)F)cn1)CC2. The molecule has 0 bridgehead atoms. The second kappa shape index (κ2) is 9.92. The minimum absolute atomic E-state index is 0.170. The molecule has 0 amide bonds. The maximum absolute atomic E-state index is 15.9. The molecule has 11 heteroatoms. The highest BCUT2D eigenvalue weighted by Gasteiger charge is 2.33. The van der Waals surface area contributed by atoms with Crippen LogP contribution >= 0.6 is 11.6 Å². The Balaban J connectivity index is 1.58. The molecule has 4 heterocycles. The number of aromatic amines is 1. The van der Waals surface area contributed by atoms with Crippen molar-refractivity contribution in [3.8, 4) is 16.9 Å². The van der Waals surface area contributed by atoms with Gasteiger partial charge in [-0.3, -0.25) is 0 Å². The molecule has 3 aromatic heterocycles. The van der Waals surface area contributed by atoms with Crippen LogP contribution in [0.3, 0.4) is 0 Å². The zero-order valence-corrected chi connectivity index (χ0v) is 22.5. The number of hydrogen-bond acceptors (Lipinski definition) is 4. The average Bonchev–Trinajstić information content (AvgIpc) is 3.58. The normalized spacial score (nSPS) is 13.7. The van der Waals surface area contributed by atoms with Gasteiger partial charge in [0.05, 0.1) is 33.2 Å². The van der Waals surface area contributed by atoms with Crippen molar-refractivity contribution in [2.24, 2.45) is 0 Å². The van der Waals surface area contributed by atoms with E-state index in [1.165, 1.54) is 6.07 Å². The number of rotatable bonds is 5. The van der Waals surface area contributed by atoms with Crippen molar-refractivity contribution < 1.29 is 17.6 Å². The van der Waals surface area contributed by atoms with E-state index in [0.717, 1.165) is 53.3 Å². The number of halogens is 5. The van der Waals surface area contributed by atoms with Crippen molar-refractivity contribution in [2.75, 3.05) is 11.4 Å². The van der Waals surface area contributed by atoms with E-state index in [2.05, 4.69) is 28.8 Å². The van der Waals surface area contributed by atoms with Gasteiger partial charge in [-0.05, 0) is 36.1 Å². The number of fused-ring (bicyclic) bond motifs is 2. The maximum atomic E-state index is 15.9. The van der Waals surface area contributed by atoms with Gasteiger partial charge in [0.15, 0.2) is 0 Å². The Hall–Kier alpha value is -3.92. The molecule has 0 atom stereocenters. The van der Waals surface area contributed by atoms with Crippen molar-refractivity contribution in [2.45, 2.75) is 45.8 Å². The van der Waals surface area contributed by atoms with Crippen LogP contribution in [0.15, 0.2) is 48.9 Å². The summed E-state index contributed by atoms with van der Waals surface area (Å²) in [6, 6.07) is 9.19. The molecule has 0 spiro atoms. The van der Waals surface area contributed by atoms with E-state index in [1.54, 1.807) is 17.2 Å². The van der Waals surface area contributed by atoms with Gasteiger partial charge < -0.3 is 9.88 Å². The molecule has 0 fully saturated rings. The van der Waals surface area contributed by atoms with Gasteiger partial charge in [0.2, 0.25) is 5.95 Å². The van der Waals surface area contributed by atoms with Crippen molar-refractivity contribution in [3.05, 3.63) is 87.7 Å². The van der Waals surface area contributed by atoms with Crippen molar-refractivity contribution in [1.82, 2.24) is 24.7 Å². The van der Waals surface area contributed by atoms with Gasteiger partial charge in [-0.15, -0.1) is 0 Å². The van der Waals surface area contributed by atoms with Crippen LogP contribution in [0.4, 0.5) is 23.5 Å². The molecular weight excluding hydrogens is 544 g/mol. The smallest absolute Gasteiger partial charge is 0.360 e. The van der Waals surface area contributed by atoms with Gasteiger partial charge in [0, 0.05) is 54.6 Å². The number of anilines is 1. The lowest BCUT2D eigenvalue weighted by Crippen LogP contribution is -2.31. The van der Waals surface area contributed by atoms with Crippen LogP contribution in [0.2, 0.25) is 5.02 Å². The first-order valence-electron chi connectivity index (χ1n) is 13.0. The predicted octanol–water partition coefficient (Wildman–Crippen LogP) is 7.31. The number of alkyl halides is 3. The summed E-state index contributed by atoms with van der Waals surface area (Å²) in [6.45, 7) is 4.84. The Labute approximate surface area is 232 Å². The van der Waals surface area contributed by atoms with Gasteiger partial charge >= 0.3 is 6.18 Å². The van der Waals surface area contributed by atoms with Crippen LogP contribution in [0, 0.1) is 5.82 Å². The zero-order chi connectivity index (χ0) is 28.2. The number of nitrogens with one attached hydrogen (secondary N) is 1. The second-order valence-electron chi connectivity index (χ2n) is 9.74. The highest BCUT2D eigenvalue weighted by atomic mass is 35.5. The molecule has 0 aliphatic carbocycles. The lowest BCUT2D eigenvalue weighted by atomic mass is 9.97. The van der Waals surface area contributed by atoms with E-state index in [0.29, 0.717) is 35.1 Å². The Morgan fingerprint density at radius 2 is 1.75 bits per heavy atom. The Morgan fingerprint density at radius 3 is 2.40 bits per heavy atom. The van der Waals surface area contributed by atoms with Crippen LogP contribution in [0.5, 0.6) is 0 Å². The largest absolute Gasteiger partial charge is 0.419 e. The first-order valence-corrected chi connectivity index (χ1v) is 13.4. The van der Waals surface area contributed by atoms with Gasteiger partial charge in [-0.1, -0.05) is 43.6 Å². The highest BCUT2D eigenvalue weighted by Crippen LogP contribution is 2.41. The van der Waals surface area contributed by atoms with E-state index in [9.17, 15) is 13.2 Å². The average molecular weight is 569 g/mol. The summed E-state index contributed by atoms with van der Waals surface area (Å²) in [6.07, 6.45) is 0.750. The third-order valence-corrected chi connectivity index (χ3v) is 7.74. The Kier molecular flexibility index (Phi) is 6.53. The second-order valence-corrected chi connectivity index (χ2v) is 10.1. The lowest BCUT2D eigenvalue weighted by Gasteiger charge is -2.27. The summed E-state index contributed by atoms with van der Waals surface area (Å²) < 4.78 is 57.1. The number of aromatic nitrogens is 5. The molecule has 0 radical (unpaired) electrons. The molecule has 6 rings (SSSR count). The van der Waals surface area contributed by atoms with E-state index in [1.807, 2.05) is 22.9 Å². The number of hydrogen-bond donors (Lipinski definition) is 1. The van der Waals surface area contributed by atoms with Crippen molar-refractivity contribution >= 4 is 28.5 Å². The third-order valence-electron chi connectivity index (χ3n) is 7.44. The van der Waals surface area contributed by atoms with Crippen LogP contribution in [-0.2, 0) is 32.0 Å². The summed E-state index contributed by atoms with van der Waals surface area (Å²) in [5, 5.41) is 5.92. The monoisotopic (exact) mass is 568 g/mol. The summed E-state index contributed by atoms with van der Waals surface area (Å²) >= 11 is 6.38. The zero-order valence-electron chi connectivity index (χ0n) is 21.8. The number of benzene rings is 2. The summed E-state index contributed by atoms with van der Waals surface area (Å²) in [5.74, 6) is -0.320. The van der Waals surface area contributed by atoms with Gasteiger partial charge in [0.1, 0.15) is 5.82 Å². The van der Waals surface area contributed by atoms with Crippen molar-refractivity contribution in [3.63, 3.8) is 0 Å². The molecular formula is C29H25ClF4N6. The molecule has 0 saturated heterocycles. The molecule has 1 aliphatic rings. The minimum Gasteiger partial charge on any atom is -0.360 e. The Morgan fingerprint density at radius 1 is 1.05 bits per heavy atom. The molecule has 5 aromatic rings. The number of nitrogens with zero attached hydrogens (tertiary/aromatic N) is 5. The number of aryl methyl sites for hydroxylation is 2. The van der Waals surface area contributed by atoms with Crippen LogP contribution in [-0.4, -0.2) is 31.3 Å². The molecule has 6 nitrogen and oxygen atoms in total. The minimum atomic E-state index is -4.53. The van der Waals surface area contributed by atoms with Crippen LogP contribution in [0.25, 0.3) is 27.8 Å². The molecule has 1 aliphatic heterocycles. The molecule has 1 N–H and O–H groups in total. The van der Waals surface area contributed by atoms with E-state index in [-0.39, 0.29) is 17.5 Å². The maximum Gasteiger partial charge on any atom is 0.419 e. The fraction of sp³-hybridized carbons (Fsp3) is 0.276. The van der Waals surface area contributed by atoms with Crippen LogP contribution in [0.1, 0.15) is 41.8 Å². The standard InChI is InChI=1S/C29H25ClF4N6/c1-3-16-6-5-7-17(4-2)26(16)40-27(24-19-8-10-35-25(19)21(30)12-22(24)31)20-15-39(11-9-23(20)38-40)28-36-13-18(14-37-28)29(32,33)34/h5-8,10,12-14,35H,3-4,9,11,15H2,1-2H3. The highest BCUT2D eigenvalue weighted by molar-refractivity contribution is 6.35. The summed E-state index contributed by atoms with van der Waals surface area (Å²) in [4.78, 5) is 12.9. The van der Waals surface area contributed by atoms with E-state index < -0.39 is 17.6 Å². The lowest BCUT2D eigenvalue weighted by molar-refractivity contribution is -0.138. The first-order chi connectivity index (χ1) is 19.2. The Bertz CT molecular complexity index is 1700. The molecule has 2 aromatic carbocycles. The predicted molar refractivity (Wildman–Crippen MR) is 146 cm³/mol. The summed E-state index contributed by atoms with van der Waals surface area (Å²) in [7, 11) is 0. The van der Waals surface area contributed by atoms with Crippen molar-refractivity contribution in [1.29, 1.82) is 0 Å².